The van der Waals surface area contributed by atoms with Crippen LogP contribution in [-0.4, -0.2) is 49.2 Å². The van der Waals surface area contributed by atoms with Gasteiger partial charge in [0.15, 0.2) is 11.5 Å². The van der Waals surface area contributed by atoms with Crippen molar-refractivity contribution >= 4 is 33.8 Å². The number of carboxylic acids is 2. The average Bonchev–Trinajstić information content (AvgIpc) is 2.75. The van der Waals surface area contributed by atoms with E-state index in [2.05, 4.69) is 4.72 Å². The van der Waals surface area contributed by atoms with Crippen LogP contribution in [0.5, 0.6) is 11.5 Å². The number of hydrogen-bond donors (Lipinski definition) is 5. The number of para-hydroxylation sites is 1. The minimum atomic E-state index is -4.40. The third-order valence-corrected chi connectivity index (χ3v) is 6.00. The number of aliphatic carboxylic acids is 2. The Morgan fingerprint density at radius 1 is 1.18 bits per heavy atom. The van der Waals surface area contributed by atoms with Crippen LogP contribution in [0.15, 0.2) is 36.4 Å². The summed E-state index contributed by atoms with van der Waals surface area (Å²) in [4.78, 5) is 34.7. The van der Waals surface area contributed by atoms with Gasteiger partial charge in [0.1, 0.15) is 6.04 Å². The standard InChI is InChI=1S/C21H23N3O9S/c22-14-6-7-15-12(9-14)4-2-8-32-19-13(3-1-5-17(19)33-21(15)29)11-23-34(30,31)24-16(20(27)28)10-18(25)26/h1,3,5-7,9,16,23-24H,2,4,8,10-11,22H2,(H,25,26)(H,27,28). The van der Waals surface area contributed by atoms with Crippen LogP contribution in [0.3, 0.4) is 0 Å². The molecule has 12 nitrogen and oxygen atoms in total. The smallest absolute Gasteiger partial charge is 0.343 e. The Kier molecular flexibility index (Phi) is 7.71. The van der Waals surface area contributed by atoms with E-state index in [4.69, 9.17) is 25.4 Å². The second-order valence-corrected chi connectivity index (χ2v) is 8.96. The molecule has 0 fully saturated rings. The SMILES string of the molecule is Nc1ccc2c(c1)CCCOc1c(CNS(=O)(=O)NC(CC(=O)O)C(=O)O)cccc1OC2=O. The van der Waals surface area contributed by atoms with Crippen molar-refractivity contribution in [3.63, 3.8) is 0 Å². The van der Waals surface area contributed by atoms with Crippen LogP contribution in [0.4, 0.5) is 5.69 Å². The van der Waals surface area contributed by atoms with Crippen molar-refractivity contribution < 1.29 is 42.5 Å². The normalized spacial score (nSPS) is 14.6. The van der Waals surface area contributed by atoms with Crippen molar-refractivity contribution in [1.29, 1.82) is 0 Å². The minimum absolute atomic E-state index is 0.0774. The maximum Gasteiger partial charge on any atom is 0.343 e. The number of aryl methyl sites for hydroxylation is 1. The van der Waals surface area contributed by atoms with Crippen molar-refractivity contribution in [2.75, 3.05) is 12.3 Å². The number of ether oxygens (including phenoxy) is 2. The lowest BCUT2D eigenvalue weighted by Gasteiger charge is -2.19. The van der Waals surface area contributed by atoms with E-state index in [1.807, 2.05) is 0 Å². The summed E-state index contributed by atoms with van der Waals surface area (Å²) in [5.74, 6) is -3.52. The maximum absolute atomic E-state index is 12.8. The fourth-order valence-corrected chi connectivity index (χ4v) is 4.30. The highest BCUT2D eigenvalue weighted by Gasteiger charge is 2.27. The van der Waals surface area contributed by atoms with Gasteiger partial charge in [-0.05, 0) is 42.7 Å². The van der Waals surface area contributed by atoms with Crippen LogP contribution in [0.1, 0.15) is 34.3 Å². The molecule has 34 heavy (non-hydrogen) atoms. The molecule has 182 valence electrons. The molecule has 0 spiro atoms. The molecule has 2 aromatic rings. The highest BCUT2D eigenvalue weighted by molar-refractivity contribution is 7.87. The number of rotatable bonds is 8. The first-order valence-corrected chi connectivity index (χ1v) is 11.6. The summed E-state index contributed by atoms with van der Waals surface area (Å²) < 4.78 is 39.8. The molecule has 6 N–H and O–H groups in total. The van der Waals surface area contributed by atoms with Gasteiger partial charge in [-0.25, -0.2) is 4.79 Å². The molecule has 13 heteroatoms. The van der Waals surface area contributed by atoms with Gasteiger partial charge in [0, 0.05) is 17.8 Å². The van der Waals surface area contributed by atoms with E-state index in [0.717, 1.165) is 5.56 Å². The fraction of sp³-hybridized carbons (Fsp3) is 0.286. The molecule has 1 aliphatic rings. The van der Waals surface area contributed by atoms with E-state index >= 15 is 0 Å². The number of esters is 1. The lowest BCUT2D eigenvalue weighted by Crippen LogP contribution is -2.47. The number of hydrogen-bond acceptors (Lipinski definition) is 8. The lowest BCUT2D eigenvalue weighted by molar-refractivity contribution is -0.145. The predicted octanol–water partition coefficient (Wildman–Crippen LogP) is 0.665. The molecule has 0 amide bonds. The van der Waals surface area contributed by atoms with Crippen LogP contribution in [0.2, 0.25) is 0 Å². The summed E-state index contributed by atoms with van der Waals surface area (Å²) in [5, 5.41) is 17.8. The second kappa shape index (κ2) is 10.5. The highest BCUT2D eigenvalue weighted by Crippen LogP contribution is 2.33. The molecule has 0 aliphatic carbocycles. The Bertz CT molecular complexity index is 1210. The van der Waals surface area contributed by atoms with E-state index in [1.165, 1.54) is 12.1 Å². The van der Waals surface area contributed by atoms with Gasteiger partial charge in [0.25, 0.3) is 10.2 Å². The molecule has 0 aromatic heterocycles. The third kappa shape index (κ3) is 6.43. The molecule has 0 bridgehead atoms. The summed E-state index contributed by atoms with van der Waals surface area (Å²) in [6.45, 7) is -0.108. The van der Waals surface area contributed by atoms with Gasteiger partial charge in [0.2, 0.25) is 0 Å². The Labute approximate surface area is 194 Å². The highest BCUT2D eigenvalue weighted by atomic mass is 32.2. The largest absolute Gasteiger partial charge is 0.489 e. The molecule has 1 aliphatic heterocycles. The monoisotopic (exact) mass is 493 g/mol. The first-order valence-electron chi connectivity index (χ1n) is 10.1. The van der Waals surface area contributed by atoms with E-state index in [-0.39, 0.29) is 24.7 Å². The number of fused-ring (bicyclic) bond motifs is 2. The zero-order valence-corrected chi connectivity index (χ0v) is 18.6. The topological polar surface area (TPSA) is 194 Å². The van der Waals surface area contributed by atoms with Gasteiger partial charge in [-0.1, -0.05) is 12.1 Å². The van der Waals surface area contributed by atoms with Crippen LogP contribution in [0.25, 0.3) is 0 Å². The van der Waals surface area contributed by atoms with E-state index in [1.54, 1.807) is 29.0 Å². The van der Waals surface area contributed by atoms with E-state index in [9.17, 15) is 22.8 Å². The Morgan fingerprint density at radius 3 is 2.65 bits per heavy atom. The number of anilines is 1. The summed E-state index contributed by atoms with van der Waals surface area (Å²) in [7, 11) is -4.40. The van der Waals surface area contributed by atoms with Gasteiger partial charge in [0.05, 0.1) is 18.6 Å². The molecule has 0 radical (unpaired) electrons. The summed E-state index contributed by atoms with van der Waals surface area (Å²) >= 11 is 0. The van der Waals surface area contributed by atoms with Crippen molar-refractivity contribution in [1.82, 2.24) is 9.44 Å². The Hall–Kier alpha value is -3.68. The molecule has 2 aromatic carbocycles. The molecule has 0 saturated carbocycles. The van der Waals surface area contributed by atoms with Gasteiger partial charge in [-0.3, -0.25) is 9.59 Å². The third-order valence-electron chi connectivity index (χ3n) is 4.88. The maximum atomic E-state index is 12.8. The second-order valence-electron chi connectivity index (χ2n) is 7.43. The molecule has 1 atom stereocenters. The zero-order chi connectivity index (χ0) is 24.9. The van der Waals surface area contributed by atoms with Crippen molar-refractivity contribution in [2.45, 2.75) is 31.8 Å². The van der Waals surface area contributed by atoms with Crippen LogP contribution >= 0.6 is 0 Å². The molecule has 1 heterocycles. The molecule has 3 rings (SSSR count). The van der Waals surface area contributed by atoms with Crippen LogP contribution in [-0.2, 0) is 32.8 Å². The molecular formula is C21H23N3O9S. The quantitative estimate of drug-likeness (QED) is 0.198. The number of nitrogens with two attached hydrogens (primary N) is 1. The van der Waals surface area contributed by atoms with E-state index in [0.29, 0.717) is 29.7 Å². The van der Waals surface area contributed by atoms with Crippen molar-refractivity contribution in [3.8, 4) is 11.5 Å². The van der Waals surface area contributed by atoms with E-state index < -0.39 is 40.6 Å². The number of nitrogens with one attached hydrogen (secondary N) is 2. The number of carbonyl (C=O) groups excluding carboxylic acids is 1. The molecule has 0 saturated heterocycles. The first-order chi connectivity index (χ1) is 16.1. The number of carboxylic acid groups (broad SMARTS) is 2. The Morgan fingerprint density at radius 2 is 1.94 bits per heavy atom. The zero-order valence-electron chi connectivity index (χ0n) is 17.8. The summed E-state index contributed by atoms with van der Waals surface area (Å²) in [5.41, 5.74) is 7.73. The lowest BCUT2D eigenvalue weighted by atomic mass is 10.0. The van der Waals surface area contributed by atoms with Crippen molar-refractivity contribution in [3.05, 3.63) is 53.1 Å². The minimum Gasteiger partial charge on any atom is -0.489 e. The number of nitrogen functional groups attached to an aromatic ring is 1. The molecular weight excluding hydrogens is 470 g/mol. The van der Waals surface area contributed by atoms with Gasteiger partial charge < -0.3 is 25.4 Å². The summed E-state index contributed by atoms with van der Waals surface area (Å²) in [6.07, 6.45) is 0.104. The number of benzene rings is 2. The molecule has 1 unspecified atom stereocenters. The predicted molar refractivity (Wildman–Crippen MR) is 119 cm³/mol. The van der Waals surface area contributed by atoms with Gasteiger partial charge in [-0.2, -0.15) is 17.9 Å². The number of carbonyl (C=O) groups is 3. The first kappa shape index (κ1) is 25.0. The van der Waals surface area contributed by atoms with Crippen molar-refractivity contribution in [2.24, 2.45) is 0 Å². The van der Waals surface area contributed by atoms with Gasteiger partial charge in [-0.15, -0.1) is 0 Å². The Balaban J connectivity index is 1.81. The average molecular weight is 493 g/mol. The van der Waals surface area contributed by atoms with Crippen LogP contribution in [0, 0.1) is 0 Å². The summed E-state index contributed by atoms with van der Waals surface area (Å²) in [6, 6.07) is 7.59. The van der Waals surface area contributed by atoms with Gasteiger partial charge >= 0.3 is 17.9 Å². The van der Waals surface area contributed by atoms with Crippen LogP contribution < -0.4 is 24.7 Å². The fourth-order valence-electron chi connectivity index (χ4n) is 3.31.